The minimum atomic E-state index is 0.344. The Labute approximate surface area is 111 Å². The lowest BCUT2D eigenvalue weighted by atomic mass is 10.4. The molecule has 1 aliphatic rings. The fourth-order valence-electron chi connectivity index (χ4n) is 2.19. The van der Waals surface area contributed by atoms with Crippen molar-refractivity contribution in [3.8, 4) is 5.88 Å². The van der Waals surface area contributed by atoms with Crippen LogP contribution in [0.5, 0.6) is 5.88 Å². The summed E-state index contributed by atoms with van der Waals surface area (Å²) in [4.78, 5) is 10.8. The van der Waals surface area contributed by atoms with Crippen molar-refractivity contribution in [1.82, 2.24) is 15.1 Å². The Hall–Kier alpha value is -2.11. The van der Waals surface area contributed by atoms with Gasteiger partial charge in [-0.15, -0.1) is 0 Å². The zero-order chi connectivity index (χ0) is 13.1. The molecule has 0 radical (unpaired) electrons. The molecular formula is C13H16N4O2. The van der Waals surface area contributed by atoms with Crippen LogP contribution in [0, 0.1) is 6.92 Å². The first-order valence-corrected chi connectivity index (χ1v) is 6.44. The largest absolute Gasteiger partial charge is 0.468 e. The van der Waals surface area contributed by atoms with Crippen molar-refractivity contribution >= 4 is 5.82 Å². The highest BCUT2D eigenvalue weighted by Gasteiger charge is 2.19. The quantitative estimate of drug-likeness (QED) is 0.837. The smallest absolute Gasteiger partial charge is 0.258 e. The van der Waals surface area contributed by atoms with Crippen molar-refractivity contribution in [2.24, 2.45) is 0 Å². The van der Waals surface area contributed by atoms with Crippen molar-refractivity contribution in [2.75, 3.05) is 18.0 Å². The Balaban J connectivity index is 1.73. The zero-order valence-electron chi connectivity index (χ0n) is 10.9. The zero-order valence-corrected chi connectivity index (χ0v) is 10.9. The average molecular weight is 260 g/mol. The topological polar surface area (TPSA) is 64.3 Å². The van der Waals surface area contributed by atoms with E-state index in [2.05, 4.69) is 20.0 Å². The summed E-state index contributed by atoms with van der Waals surface area (Å²) in [6.45, 7) is 4.22. The number of aromatic nitrogens is 3. The maximum Gasteiger partial charge on any atom is 0.258 e. The van der Waals surface area contributed by atoms with Crippen LogP contribution in [0.1, 0.15) is 24.3 Å². The Kier molecular flexibility index (Phi) is 3.31. The number of hydrogen-bond donors (Lipinski definition) is 0. The van der Waals surface area contributed by atoms with Crippen LogP contribution in [0.3, 0.4) is 0 Å². The van der Waals surface area contributed by atoms with E-state index in [9.17, 15) is 0 Å². The van der Waals surface area contributed by atoms with Crippen molar-refractivity contribution in [2.45, 2.75) is 26.4 Å². The van der Waals surface area contributed by atoms with E-state index in [1.54, 1.807) is 12.4 Å². The summed E-state index contributed by atoms with van der Waals surface area (Å²) < 4.78 is 10.7. The van der Waals surface area contributed by atoms with Gasteiger partial charge in [0.2, 0.25) is 0 Å². The van der Waals surface area contributed by atoms with Gasteiger partial charge in [0, 0.05) is 31.5 Å². The SMILES string of the molecule is Cc1cc(COc2nccnc2N2CCCC2)no1. The van der Waals surface area contributed by atoms with Crippen molar-refractivity contribution < 1.29 is 9.26 Å². The Morgan fingerprint density at radius 2 is 2.05 bits per heavy atom. The Morgan fingerprint density at radius 3 is 2.79 bits per heavy atom. The van der Waals surface area contributed by atoms with Gasteiger partial charge >= 0.3 is 0 Å². The third-order valence-corrected chi connectivity index (χ3v) is 3.09. The van der Waals surface area contributed by atoms with E-state index in [1.165, 1.54) is 12.8 Å². The van der Waals surface area contributed by atoms with Crippen LogP contribution in [-0.2, 0) is 6.61 Å². The molecule has 0 aromatic carbocycles. The normalized spacial score (nSPS) is 14.9. The second kappa shape index (κ2) is 5.26. The van der Waals surface area contributed by atoms with Crippen molar-refractivity contribution in [3.63, 3.8) is 0 Å². The lowest BCUT2D eigenvalue weighted by Crippen LogP contribution is -2.20. The van der Waals surface area contributed by atoms with Crippen LogP contribution in [-0.4, -0.2) is 28.2 Å². The van der Waals surface area contributed by atoms with E-state index in [0.29, 0.717) is 12.5 Å². The van der Waals surface area contributed by atoms with E-state index < -0.39 is 0 Å². The van der Waals surface area contributed by atoms with Crippen molar-refractivity contribution in [3.05, 3.63) is 29.9 Å². The molecule has 3 rings (SSSR count). The summed E-state index contributed by atoms with van der Waals surface area (Å²) in [5.41, 5.74) is 0.760. The molecule has 0 atom stereocenters. The molecule has 0 aliphatic carbocycles. The molecule has 0 unspecified atom stereocenters. The predicted octanol–water partition coefficient (Wildman–Crippen LogP) is 1.95. The molecule has 0 amide bonds. The predicted molar refractivity (Wildman–Crippen MR) is 69.1 cm³/mol. The number of nitrogens with zero attached hydrogens (tertiary/aromatic N) is 4. The first-order chi connectivity index (χ1) is 9.33. The van der Waals surface area contributed by atoms with Crippen LogP contribution in [0.25, 0.3) is 0 Å². The molecule has 100 valence electrons. The molecule has 1 saturated heterocycles. The summed E-state index contributed by atoms with van der Waals surface area (Å²) in [7, 11) is 0. The molecule has 3 heterocycles. The molecule has 19 heavy (non-hydrogen) atoms. The molecule has 0 saturated carbocycles. The lowest BCUT2D eigenvalue weighted by molar-refractivity contribution is 0.277. The van der Waals surface area contributed by atoms with Gasteiger partial charge in [-0.2, -0.15) is 0 Å². The second-order valence-electron chi connectivity index (χ2n) is 4.60. The molecule has 0 N–H and O–H groups in total. The second-order valence-corrected chi connectivity index (χ2v) is 4.60. The van der Waals surface area contributed by atoms with Gasteiger partial charge in [0.1, 0.15) is 18.1 Å². The molecule has 1 aliphatic heterocycles. The standard InChI is InChI=1S/C13H16N4O2/c1-10-8-11(16-19-10)9-18-13-12(14-4-5-15-13)17-6-2-3-7-17/h4-5,8H,2-3,6-7,9H2,1H3. The maximum absolute atomic E-state index is 5.71. The number of rotatable bonds is 4. The molecule has 0 spiro atoms. The lowest BCUT2D eigenvalue weighted by Gasteiger charge is -2.18. The van der Waals surface area contributed by atoms with Crippen LogP contribution in [0.2, 0.25) is 0 Å². The number of hydrogen-bond acceptors (Lipinski definition) is 6. The van der Waals surface area contributed by atoms with Crippen LogP contribution in [0.4, 0.5) is 5.82 Å². The average Bonchev–Trinajstić information content (AvgIpc) is 3.08. The molecular weight excluding hydrogens is 244 g/mol. The third-order valence-electron chi connectivity index (χ3n) is 3.09. The first-order valence-electron chi connectivity index (χ1n) is 6.44. The minimum absolute atomic E-state index is 0.344. The maximum atomic E-state index is 5.71. The molecule has 6 nitrogen and oxygen atoms in total. The molecule has 2 aromatic heterocycles. The van der Waals surface area contributed by atoms with Gasteiger partial charge in [-0.1, -0.05) is 5.16 Å². The summed E-state index contributed by atoms with van der Waals surface area (Å²) in [5.74, 6) is 2.16. The van der Waals surface area contributed by atoms with E-state index in [0.717, 1.165) is 30.4 Å². The first kappa shape index (κ1) is 12.0. The summed E-state index contributed by atoms with van der Waals surface area (Å²) in [6, 6.07) is 1.85. The Morgan fingerprint density at radius 1 is 1.26 bits per heavy atom. The van der Waals surface area contributed by atoms with E-state index in [1.807, 2.05) is 13.0 Å². The number of aryl methyl sites for hydroxylation is 1. The monoisotopic (exact) mass is 260 g/mol. The molecule has 0 bridgehead atoms. The summed E-state index contributed by atoms with van der Waals surface area (Å²) in [6.07, 6.45) is 5.72. The van der Waals surface area contributed by atoms with Crippen LogP contribution in [0.15, 0.2) is 23.0 Å². The number of anilines is 1. The Bertz CT molecular complexity index is 549. The minimum Gasteiger partial charge on any atom is -0.468 e. The van der Waals surface area contributed by atoms with Crippen LogP contribution >= 0.6 is 0 Å². The van der Waals surface area contributed by atoms with Crippen molar-refractivity contribution in [1.29, 1.82) is 0 Å². The molecule has 1 fully saturated rings. The van der Waals surface area contributed by atoms with E-state index in [-0.39, 0.29) is 0 Å². The fourth-order valence-corrected chi connectivity index (χ4v) is 2.19. The molecule has 6 heteroatoms. The highest BCUT2D eigenvalue weighted by Crippen LogP contribution is 2.26. The van der Waals surface area contributed by atoms with Gasteiger partial charge in [0.15, 0.2) is 5.82 Å². The molecule has 2 aromatic rings. The van der Waals surface area contributed by atoms with Gasteiger partial charge in [0.25, 0.3) is 5.88 Å². The summed E-state index contributed by atoms with van der Waals surface area (Å²) in [5, 5.41) is 3.90. The third kappa shape index (κ3) is 2.67. The van der Waals surface area contributed by atoms with Gasteiger partial charge < -0.3 is 14.2 Å². The van der Waals surface area contributed by atoms with Gasteiger partial charge in [0.05, 0.1) is 0 Å². The van der Waals surface area contributed by atoms with Crippen LogP contribution < -0.4 is 9.64 Å². The van der Waals surface area contributed by atoms with E-state index >= 15 is 0 Å². The van der Waals surface area contributed by atoms with Gasteiger partial charge in [-0.25, -0.2) is 9.97 Å². The highest BCUT2D eigenvalue weighted by atomic mass is 16.5. The van der Waals surface area contributed by atoms with Gasteiger partial charge in [-0.05, 0) is 19.8 Å². The summed E-state index contributed by atoms with van der Waals surface area (Å²) >= 11 is 0. The highest BCUT2D eigenvalue weighted by molar-refractivity contribution is 5.48. The van der Waals surface area contributed by atoms with Gasteiger partial charge in [-0.3, -0.25) is 0 Å². The fraction of sp³-hybridized carbons (Fsp3) is 0.462. The number of ether oxygens (including phenoxy) is 1. The van der Waals surface area contributed by atoms with E-state index in [4.69, 9.17) is 9.26 Å².